The zero-order chi connectivity index (χ0) is 15.9. The first-order valence-corrected chi connectivity index (χ1v) is 7.33. The van der Waals surface area contributed by atoms with Crippen molar-refractivity contribution in [2.75, 3.05) is 13.2 Å². The molecule has 1 N–H and O–H groups in total. The second-order valence-electron chi connectivity index (χ2n) is 5.31. The normalized spacial score (nSPS) is 10.5. The van der Waals surface area contributed by atoms with Crippen molar-refractivity contribution < 1.29 is 13.9 Å². The van der Waals surface area contributed by atoms with Crippen molar-refractivity contribution >= 4 is 5.91 Å². The Bertz CT molecular complexity index is 640. The highest BCUT2D eigenvalue weighted by molar-refractivity contribution is 5.94. The number of carbonyl (C=O) groups is 1. The number of nitrogens with one attached hydrogen (secondary N) is 1. The van der Waals surface area contributed by atoms with Gasteiger partial charge in [-0.25, -0.2) is 4.39 Å². The summed E-state index contributed by atoms with van der Waals surface area (Å²) in [6.45, 7) is 4.89. The second-order valence-corrected chi connectivity index (χ2v) is 5.31. The lowest BCUT2D eigenvalue weighted by Gasteiger charge is -2.10. The van der Waals surface area contributed by atoms with E-state index in [4.69, 9.17) is 4.74 Å². The van der Waals surface area contributed by atoms with Gasteiger partial charge in [0.05, 0.1) is 12.1 Å². The van der Waals surface area contributed by atoms with Gasteiger partial charge in [0.1, 0.15) is 18.2 Å². The lowest BCUT2D eigenvalue weighted by atomic mass is 10.0. The van der Waals surface area contributed by atoms with Crippen LogP contribution in [-0.4, -0.2) is 19.1 Å². The van der Waals surface area contributed by atoms with E-state index >= 15 is 0 Å². The zero-order valence-corrected chi connectivity index (χ0v) is 12.8. The first kappa shape index (κ1) is 16.0. The monoisotopic (exact) mass is 301 g/mol. The van der Waals surface area contributed by atoms with Crippen LogP contribution in [0.5, 0.6) is 5.75 Å². The van der Waals surface area contributed by atoms with E-state index in [1.807, 2.05) is 18.2 Å². The van der Waals surface area contributed by atoms with Crippen LogP contribution in [-0.2, 0) is 0 Å². The SMILES string of the molecule is CC(C)c1cccc(OCCNC(=O)c2ccccc2F)c1. The van der Waals surface area contributed by atoms with Gasteiger partial charge in [-0.3, -0.25) is 4.79 Å². The minimum absolute atomic E-state index is 0.0457. The fourth-order valence-corrected chi connectivity index (χ4v) is 2.04. The van der Waals surface area contributed by atoms with Gasteiger partial charge in [-0.15, -0.1) is 0 Å². The van der Waals surface area contributed by atoms with Crippen LogP contribution < -0.4 is 10.1 Å². The molecule has 0 aromatic heterocycles. The molecule has 0 spiro atoms. The maximum absolute atomic E-state index is 13.4. The van der Waals surface area contributed by atoms with E-state index in [9.17, 15) is 9.18 Å². The van der Waals surface area contributed by atoms with Crippen molar-refractivity contribution in [2.24, 2.45) is 0 Å². The number of hydrogen-bond acceptors (Lipinski definition) is 2. The van der Waals surface area contributed by atoms with Crippen LogP contribution >= 0.6 is 0 Å². The van der Waals surface area contributed by atoms with Gasteiger partial charge in [-0.2, -0.15) is 0 Å². The molecular formula is C18H20FNO2. The lowest BCUT2D eigenvalue weighted by molar-refractivity contribution is 0.0943. The van der Waals surface area contributed by atoms with Crippen LogP contribution in [0.3, 0.4) is 0 Å². The molecule has 3 nitrogen and oxygen atoms in total. The van der Waals surface area contributed by atoms with Gasteiger partial charge in [-0.05, 0) is 35.7 Å². The van der Waals surface area contributed by atoms with Crippen LogP contribution in [0, 0.1) is 5.82 Å². The molecule has 0 fully saturated rings. The molecule has 0 unspecified atom stereocenters. The van der Waals surface area contributed by atoms with Crippen LogP contribution in [0.4, 0.5) is 4.39 Å². The predicted octanol–water partition coefficient (Wildman–Crippen LogP) is 3.76. The minimum atomic E-state index is -0.523. The Kier molecular flexibility index (Phi) is 5.53. The molecule has 116 valence electrons. The summed E-state index contributed by atoms with van der Waals surface area (Å²) in [6, 6.07) is 13.8. The fraction of sp³-hybridized carbons (Fsp3) is 0.278. The summed E-state index contributed by atoms with van der Waals surface area (Å²) < 4.78 is 19.0. The smallest absolute Gasteiger partial charge is 0.254 e. The highest BCUT2D eigenvalue weighted by Gasteiger charge is 2.09. The zero-order valence-electron chi connectivity index (χ0n) is 12.8. The molecule has 0 saturated heterocycles. The Morgan fingerprint density at radius 3 is 2.68 bits per heavy atom. The molecule has 0 saturated carbocycles. The van der Waals surface area contributed by atoms with Gasteiger partial charge < -0.3 is 10.1 Å². The number of halogens is 1. The molecule has 4 heteroatoms. The Morgan fingerprint density at radius 1 is 1.18 bits per heavy atom. The molecule has 2 aromatic rings. The number of rotatable bonds is 6. The van der Waals surface area contributed by atoms with E-state index in [-0.39, 0.29) is 5.56 Å². The molecule has 0 atom stereocenters. The maximum atomic E-state index is 13.4. The molecule has 2 rings (SSSR count). The first-order valence-electron chi connectivity index (χ1n) is 7.33. The number of amides is 1. The van der Waals surface area contributed by atoms with Gasteiger partial charge in [0.15, 0.2) is 0 Å². The van der Waals surface area contributed by atoms with Crippen molar-refractivity contribution in [1.29, 1.82) is 0 Å². The van der Waals surface area contributed by atoms with Gasteiger partial charge in [0.25, 0.3) is 5.91 Å². The van der Waals surface area contributed by atoms with Crippen LogP contribution in [0.2, 0.25) is 0 Å². The third-order valence-corrected chi connectivity index (χ3v) is 3.30. The Hall–Kier alpha value is -2.36. The topological polar surface area (TPSA) is 38.3 Å². The van der Waals surface area contributed by atoms with E-state index in [0.717, 1.165) is 5.75 Å². The molecule has 2 aromatic carbocycles. The van der Waals surface area contributed by atoms with Gasteiger partial charge >= 0.3 is 0 Å². The quantitative estimate of drug-likeness (QED) is 0.825. The summed E-state index contributed by atoms with van der Waals surface area (Å²) in [5.41, 5.74) is 1.25. The van der Waals surface area contributed by atoms with E-state index in [1.54, 1.807) is 12.1 Å². The molecular weight excluding hydrogens is 281 g/mol. The second kappa shape index (κ2) is 7.59. The van der Waals surface area contributed by atoms with E-state index in [2.05, 4.69) is 25.2 Å². The van der Waals surface area contributed by atoms with Gasteiger partial charge in [0, 0.05) is 0 Å². The summed E-state index contributed by atoms with van der Waals surface area (Å²) in [5.74, 6) is 0.249. The number of carbonyl (C=O) groups excluding carboxylic acids is 1. The van der Waals surface area contributed by atoms with E-state index < -0.39 is 11.7 Å². The van der Waals surface area contributed by atoms with Crippen molar-refractivity contribution in [1.82, 2.24) is 5.32 Å². The summed E-state index contributed by atoms with van der Waals surface area (Å²) in [7, 11) is 0. The van der Waals surface area contributed by atoms with E-state index in [0.29, 0.717) is 19.1 Å². The highest BCUT2D eigenvalue weighted by atomic mass is 19.1. The average Bonchev–Trinajstić information content (AvgIpc) is 2.52. The highest BCUT2D eigenvalue weighted by Crippen LogP contribution is 2.19. The lowest BCUT2D eigenvalue weighted by Crippen LogP contribution is -2.28. The third kappa shape index (κ3) is 4.32. The molecule has 0 bridgehead atoms. The van der Waals surface area contributed by atoms with E-state index in [1.165, 1.54) is 17.7 Å². The molecule has 0 aliphatic carbocycles. The summed E-state index contributed by atoms with van der Waals surface area (Å²) in [5, 5.41) is 2.64. The number of ether oxygens (including phenoxy) is 1. The van der Waals surface area contributed by atoms with Crippen LogP contribution in [0.15, 0.2) is 48.5 Å². The van der Waals surface area contributed by atoms with Crippen LogP contribution in [0.1, 0.15) is 35.7 Å². The predicted molar refractivity (Wildman–Crippen MR) is 84.8 cm³/mol. The molecule has 22 heavy (non-hydrogen) atoms. The molecule has 0 heterocycles. The molecule has 0 aliphatic heterocycles. The summed E-state index contributed by atoms with van der Waals surface area (Å²) >= 11 is 0. The largest absolute Gasteiger partial charge is 0.492 e. The van der Waals surface area contributed by atoms with Crippen molar-refractivity contribution in [3.63, 3.8) is 0 Å². The number of benzene rings is 2. The van der Waals surface area contributed by atoms with Crippen LogP contribution in [0.25, 0.3) is 0 Å². The summed E-state index contributed by atoms with van der Waals surface area (Å²) in [6.07, 6.45) is 0. The average molecular weight is 301 g/mol. The fourth-order valence-electron chi connectivity index (χ4n) is 2.04. The first-order chi connectivity index (χ1) is 10.6. The van der Waals surface area contributed by atoms with Crippen molar-refractivity contribution in [3.8, 4) is 5.75 Å². The van der Waals surface area contributed by atoms with Gasteiger partial charge in [0.2, 0.25) is 0 Å². The molecule has 0 aliphatic rings. The summed E-state index contributed by atoms with van der Waals surface area (Å²) in [4.78, 5) is 11.8. The van der Waals surface area contributed by atoms with Crippen molar-refractivity contribution in [2.45, 2.75) is 19.8 Å². The van der Waals surface area contributed by atoms with Gasteiger partial charge in [-0.1, -0.05) is 38.1 Å². The number of hydrogen-bond donors (Lipinski definition) is 1. The Labute approximate surface area is 130 Å². The molecule has 1 amide bonds. The minimum Gasteiger partial charge on any atom is -0.492 e. The Balaban J connectivity index is 1.81. The Morgan fingerprint density at radius 2 is 1.95 bits per heavy atom. The maximum Gasteiger partial charge on any atom is 0.254 e. The van der Waals surface area contributed by atoms with Crippen molar-refractivity contribution in [3.05, 3.63) is 65.5 Å². The third-order valence-electron chi connectivity index (χ3n) is 3.30. The molecule has 0 radical (unpaired) electrons. The standard InChI is InChI=1S/C18H20FNO2/c1-13(2)14-6-5-7-15(12-14)22-11-10-20-18(21)16-8-3-4-9-17(16)19/h3-9,12-13H,10-11H2,1-2H3,(H,20,21).